The van der Waals surface area contributed by atoms with E-state index in [9.17, 15) is 4.79 Å². The van der Waals surface area contributed by atoms with Gasteiger partial charge in [-0.15, -0.1) is 0 Å². The zero-order chi connectivity index (χ0) is 19.6. The lowest BCUT2D eigenvalue weighted by atomic mass is 10.1. The second-order valence-electron chi connectivity index (χ2n) is 8.19. The molecule has 1 N–H and O–H groups in total. The zero-order valence-corrected chi connectivity index (χ0v) is 18.2. The van der Waals surface area contributed by atoms with Crippen LogP contribution in [0.3, 0.4) is 0 Å². The maximum absolute atomic E-state index is 12.3. The van der Waals surface area contributed by atoms with Crippen molar-refractivity contribution in [1.29, 1.82) is 0 Å². The first-order valence-electron chi connectivity index (χ1n) is 11.7. The van der Waals surface area contributed by atoms with Gasteiger partial charge in [0.2, 0.25) is 5.91 Å². The van der Waals surface area contributed by atoms with Crippen molar-refractivity contribution in [3.63, 3.8) is 0 Å². The van der Waals surface area contributed by atoms with Crippen molar-refractivity contribution in [2.75, 3.05) is 32.7 Å². The predicted molar refractivity (Wildman–Crippen MR) is 118 cm³/mol. The lowest BCUT2D eigenvalue weighted by Gasteiger charge is -2.26. The molecule has 0 aliphatic carbocycles. The van der Waals surface area contributed by atoms with Crippen LogP contribution in [0.15, 0.2) is 4.99 Å². The van der Waals surface area contributed by atoms with Crippen molar-refractivity contribution in [3.05, 3.63) is 0 Å². The highest BCUT2D eigenvalue weighted by Gasteiger charge is 2.20. The van der Waals surface area contributed by atoms with E-state index in [4.69, 9.17) is 0 Å². The van der Waals surface area contributed by atoms with E-state index in [1.54, 1.807) is 0 Å². The third-order valence-corrected chi connectivity index (χ3v) is 5.59. The number of rotatable bonds is 16. The number of aliphatic imine (C=N–C) groups is 1. The summed E-state index contributed by atoms with van der Waals surface area (Å²) in [5.41, 5.74) is 0. The molecule has 0 aromatic carbocycles. The molecule has 1 heterocycles. The summed E-state index contributed by atoms with van der Waals surface area (Å²) in [4.78, 5) is 18.6. The quantitative estimate of drug-likeness (QED) is 0.374. The molecule has 4 nitrogen and oxygen atoms in total. The van der Waals surface area contributed by atoms with E-state index in [0.717, 1.165) is 39.1 Å². The highest BCUT2D eigenvalue weighted by molar-refractivity contribution is 5.81. The summed E-state index contributed by atoms with van der Waals surface area (Å²) in [5, 5.41) is 3.51. The van der Waals surface area contributed by atoms with Gasteiger partial charge in [-0.3, -0.25) is 9.79 Å². The van der Waals surface area contributed by atoms with E-state index >= 15 is 0 Å². The maximum atomic E-state index is 12.3. The minimum Gasteiger partial charge on any atom is -0.339 e. The maximum Gasteiger partial charge on any atom is 0.225 e. The topological polar surface area (TPSA) is 44.7 Å². The zero-order valence-electron chi connectivity index (χ0n) is 18.2. The molecule has 158 valence electrons. The Morgan fingerprint density at radius 1 is 0.963 bits per heavy atom. The van der Waals surface area contributed by atoms with Gasteiger partial charge in [0.25, 0.3) is 0 Å². The van der Waals surface area contributed by atoms with Crippen LogP contribution in [0.5, 0.6) is 0 Å². The Kier molecular flexibility index (Phi) is 15.4. The van der Waals surface area contributed by atoms with Gasteiger partial charge in [0.1, 0.15) is 0 Å². The average Bonchev–Trinajstić information content (AvgIpc) is 2.67. The molecule has 1 rings (SSSR count). The molecular formula is C23H45N3O. The van der Waals surface area contributed by atoms with Gasteiger partial charge in [-0.2, -0.15) is 0 Å². The number of hydrogen-bond donors (Lipinski definition) is 1. The van der Waals surface area contributed by atoms with Crippen molar-refractivity contribution >= 4 is 12.1 Å². The highest BCUT2D eigenvalue weighted by Crippen LogP contribution is 2.12. The van der Waals surface area contributed by atoms with Crippen LogP contribution in [0, 0.1) is 5.92 Å². The Hall–Kier alpha value is -0.900. The molecule has 1 unspecified atom stereocenters. The minimum atomic E-state index is 0.0744. The van der Waals surface area contributed by atoms with E-state index < -0.39 is 0 Å². The van der Waals surface area contributed by atoms with Crippen LogP contribution in [0.4, 0.5) is 0 Å². The predicted octanol–water partition coefficient (Wildman–Crippen LogP) is 5.22. The Morgan fingerprint density at radius 3 is 2.19 bits per heavy atom. The fraction of sp³-hybridized carbons (Fsp3) is 0.913. The molecule has 0 saturated heterocycles. The Labute approximate surface area is 168 Å². The summed E-state index contributed by atoms with van der Waals surface area (Å²) in [7, 11) is 0. The van der Waals surface area contributed by atoms with Crippen LogP contribution >= 0.6 is 0 Å². The summed E-state index contributed by atoms with van der Waals surface area (Å²) < 4.78 is 0. The number of nitrogens with zero attached hydrogens (tertiary/aromatic N) is 2. The number of unbranched alkanes of at least 4 members (excludes halogenated alkanes) is 11. The van der Waals surface area contributed by atoms with Gasteiger partial charge in [-0.05, 0) is 25.6 Å². The molecule has 1 aliphatic rings. The van der Waals surface area contributed by atoms with Gasteiger partial charge in [0, 0.05) is 25.6 Å². The van der Waals surface area contributed by atoms with Crippen molar-refractivity contribution in [2.45, 2.75) is 97.3 Å². The van der Waals surface area contributed by atoms with E-state index in [-0.39, 0.29) is 11.8 Å². The molecule has 1 aliphatic heterocycles. The molecule has 0 spiro atoms. The molecule has 27 heavy (non-hydrogen) atoms. The molecular weight excluding hydrogens is 334 g/mol. The largest absolute Gasteiger partial charge is 0.339 e. The lowest BCUT2D eigenvalue weighted by molar-refractivity contribution is -0.134. The lowest BCUT2D eigenvalue weighted by Crippen LogP contribution is -2.42. The summed E-state index contributed by atoms with van der Waals surface area (Å²) in [6.07, 6.45) is 19.4. The first-order valence-corrected chi connectivity index (χ1v) is 11.7. The van der Waals surface area contributed by atoms with Gasteiger partial charge >= 0.3 is 0 Å². The normalized spacial score (nSPS) is 19.1. The van der Waals surface area contributed by atoms with Crippen molar-refractivity contribution in [3.8, 4) is 0 Å². The molecule has 0 bridgehead atoms. The summed E-state index contributed by atoms with van der Waals surface area (Å²) in [6.45, 7) is 8.59. The number of carbonyl (C=O) groups is 1. The van der Waals surface area contributed by atoms with Crippen LogP contribution in [0.25, 0.3) is 0 Å². The number of carbonyl (C=O) groups excluding carboxylic acids is 1. The van der Waals surface area contributed by atoms with Gasteiger partial charge < -0.3 is 10.2 Å². The molecule has 0 aromatic rings. The molecule has 0 aromatic heterocycles. The van der Waals surface area contributed by atoms with E-state index in [0.29, 0.717) is 0 Å². The third-order valence-electron chi connectivity index (χ3n) is 5.59. The SMILES string of the molecule is CCCCCCCCCCCCCCNCCN1CC/N=C\CC(C)C1=O. The summed E-state index contributed by atoms with van der Waals surface area (Å²) in [6, 6.07) is 0. The third kappa shape index (κ3) is 13.0. The number of hydrogen-bond acceptors (Lipinski definition) is 3. The van der Waals surface area contributed by atoms with Gasteiger partial charge in [0.15, 0.2) is 0 Å². The van der Waals surface area contributed by atoms with Crippen molar-refractivity contribution in [1.82, 2.24) is 10.2 Å². The van der Waals surface area contributed by atoms with Gasteiger partial charge in [-0.25, -0.2) is 0 Å². The number of nitrogens with one attached hydrogen (secondary N) is 1. The Bertz CT molecular complexity index is 384. The molecule has 0 saturated carbocycles. The van der Waals surface area contributed by atoms with E-state index in [1.165, 1.54) is 77.0 Å². The first-order chi connectivity index (χ1) is 13.3. The van der Waals surface area contributed by atoms with Crippen molar-refractivity contribution in [2.24, 2.45) is 10.9 Å². The van der Waals surface area contributed by atoms with Crippen LogP contribution < -0.4 is 5.32 Å². The highest BCUT2D eigenvalue weighted by atomic mass is 16.2. The summed E-state index contributed by atoms with van der Waals surface area (Å²) in [5.74, 6) is 0.360. The second kappa shape index (κ2) is 17.2. The number of amides is 1. The van der Waals surface area contributed by atoms with E-state index in [2.05, 4.69) is 17.2 Å². The molecule has 4 heteroatoms. The summed E-state index contributed by atoms with van der Waals surface area (Å²) >= 11 is 0. The minimum absolute atomic E-state index is 0.0744. The molecule has 1 atom stereocenters. The van der Waals surface area contributed by atoms with Crippen LogP contribution in [0.1, 0.15) is 97.3 Å². The average molecular weight is 380 g/mol. The first kappa shape index (κ1) is 24.1. The Morgan fingerprint density at radius 2 is 1.56 bits per heavy atom. The van der Waals surface area contributed by atoms with Crippen molar-refractivity contribution < 1.29 is 4.79 Å². The second-order valence-corrected chi connectivity index (χ2v) is 8.19. The monoisotopic (exact) mass is 379 g/mol. The smallest absolute Gasteiger partial charge is 0.225 e. The fourth-order valence-corrected chi connectivity index (χ4v) is 3.68. The van der Waals surface area contributed by atoms with E-state index in [1.807, 2.05) is 18.0 Å². The Balaban J connectivity index is 1.86. The van der Waals surface area contributed by atoms with Gasteiger partial charge in [-0.1, -0.05) is 84.5 Å². The fourth-order valence-electron chi connectivity index (χ4n) is 3.68. The standard InChI is InChI=1S/C23H45N3O/c1-3-4-5-6-7-8-9-10-11-12-13-14-16-24-18-20-26-21-19-25-17-15-22(2)23(26)27/h17,22,24H,3-16,18-21H2,1-2H3/b25-17-. The van der Waals surface area contributed by atoms with Crippen LogP contribution in [-0.4, -0.2) is 49.7 Å². The molecule has 0 fully saturated rings. The molecule has 1 amide bonds. The molecule has 0 radical (unpaired) electrons. The van der Waals surface area contributed by atoms with Crippen LogP contribution in [-0.2, 0) is 4.79 Å². The van der Waals surface area contributed by atoms with Crippen LogP contribution in [0.2, 0.25) is 0 Å². The van der Waals surface area contributed by atoms with Gasteiger partial charge in [0.05, 0.1) is 6.54 Å².